The molecule has 1 amide bonds. The minimum Gasteiger partial charge on any atom is -0.365 e. The number of nitrogens with one attached hydrogen (secondary N) is 2. The summed E-state index contributed by atoms with van der Waals surface area (Å²) in [4.78, 5) is 27.6. The molecule has 2 aliphatic rings. The number of hydrogen-bond acceptors (Lipinski definition) is 6. The van der Waals surface area contributed by atoms with Crippen LogP contribution >= 0.6 is 0 Å². The third-order valence-corrected chi connectivity index (χ3v) is 8.05. The molecule has 206 valence electrons. The fourth-order valence-electron chi connectivity index (χ4n) is 5.84. The van der Waals surface area contributed by atoms with E-state index in [1.165, 1.54) is 24.0 Å². The van der Waals surface area contributed by atoms with E-state index in [0.717, 1.165) is 79.4 Å². The largest absolute Gasteiger partial charge is 0.365 e. The van der Waals surface area contributed by atoms with Crippen LogP contribution in [0.3, 0.4) is 0 Å². The number of piperidine rings is 1. The normalized spacial score (nSPS) is 17.7. The quantitative estimate of drug-likeness (QED) is 0.283. The van der Waals surface area contributed by atoms with E-state index >= 15 is 0 Å². The second-order valence-electron chi connectivity index (χ2n) is 11.1. The minimum atomic E-state index is -0.102. The zero-order valence-electron chi connectivity index (χ0n) is 23.3. The van der Waals surface area contributed by atoms with Crippen LogP contribution < -0.4 is 15.5 Å². The first-order chi connectivity index (χ1) is 19.6. The molecular weight excluding hydrogens is 496 g/mol. The van der Waals surface area contributed by atoms with Crippen molar-refractivity contribution in [3.63, 3.8) is 0 Å². The van der Waals surface area contributed by atoms with Crippen molar-refractivity contribution in [2.45, 2.75) is 58.2 Å². The Morgan fingerprint density at radius 2 is 1.65 bits per heavy atom. The summed E-state index contributed by atoms with van der Waals surface area (Å²) in [5.74, 6) is 1.75. The van der Waals surface area contributed by atoms with Crippen molar-refractivity contribution < 1.29 is 4.79 Å². The van der Waals surface area contributed by atoms with Gasteiger partial charge < -0.3 is 15.5 Å². The number of aryl methyl sites for hydroxylation is 1. The van der Waals surface area contributed by atoms with Gasteiger partial charge in [-0.05, 0) is 74.5 Å². The fourth-order valence-corrected chi connectivity index (χ4v) is 5.84. The molecule has 0 saturated carbocycles. The Morgan fingerprint density at radius 3 is 2.45 bits per heavy atom. The lowest BCUT2D eigenvalue weighted by molar-refractivity contribution is -0.122. The molecule has 6 rings (SSSR count). The number of rotatable bonds is 8. The molecule has 3 heterocycles. The molecule has 1 unspecified atom stereocenters. The Balaban J connectivity index is 1.11. The predicted octanol–water partition coefficient (Wildman–Crippen LogP) is 6.14. The van der Waals surface area contributed by atoms with Crippen LogP contribution in [0.25, 0.3) is 10.9 Å². The molecule has 0 radical (unpaired) electrons. The molecule has 40 heavy (non-hydrogen) atoms. The lowest BCUT2D eigenvalue weighted by atomic mass is 10.00. The number of amides is 1. The average Bonchev–Trinajstić information content (AvgIpc) is 3.53. The van der Waals surface area contributed by atoms with Gasteiger partial charge in [-0.15, -0.1) is 0 Å². The number of hydrogen-bond donors (Lipinski definition) is 2. The molecule has 0 bridgehead atoms. The highest BCUT2D eigenvalue weighted by molar-refractivity contribution is 5.95. The first-order valence-electron chi connectivity index (χ1n) is 14.6. The van der Waals surface area contributed by atoms with Crippen molar-refractivity contribution in [3.05, 3.63) is 89.5 Å². The first kappa shape index (κ1) is 26.3. The number of likely N-dealkylation sites (tertiary alicyclic amines) is 1. The van der Waals surface area contributed by atoms with E-state index in [4.69, 9.17) is 9.97 Å². The van der Waals surface area contributed by atoms with Crippen LogP contribution in [-0.4, -0.2) is 46.5 Å². The van der Waals surface area contributed by atoms with E-state index in [9.17, 15) is 4.79 Å². The van der Waals surface area contributed by atoms with Gasteiger partial charge >= 0.3 is 0 Å². The standard InChI is InChI=1S/C33H38N6O/c1-24-12-17-29-28(21-24)31(37-33(36-29)38-18-7-8-19-38)34-22-25-13-15-27(16-14-25)35-32(40)30-11-5-6-20-39(30)23-26-9-3-2-4-10-26/h2-4,9-10,12-17,21,30H,5-8,11,18-20,22-23H2,1H3,(H,35,40)(H,34,36,37). The summed E-state index contributed by atoms with van der Waals surface area (Å²) in [6.07, 6.45) is 5.50. The molecule has 2 N–H and O–H groups in total. The van der Waals surface area contributed by atoms with E-state index in [1.807, 2.05) is 18.2 Å². The molecule has 4 aromatic rings. The predicted molar refractivity (Wildman–Crippen MR) is 163 cm³/mol. The Hall–Kier alpha value is -3.97. The molecule has 1 atom stereocenters. The molecule has 7 heteroatoms. The van der Waals surface area contributed by atoms with Crippen molar-refractivity contribution in [1.82, 2.24) is 14.9 Å². The van der Waals surface area contributed by atoms with Gasteiger partial charge in [0.1, 0.15) is 5.82 Å². The number of nitrogens with zero attached hydrogens (tertiary/aromatic N) is 4. The van der Waals surface area contributed by atoms with Gasteiger partial charge in [0, 0.05) is 37.3 Å². The maximum Gasteiger partial charge on any atom is 0.241 e. The Labute approximate surface area is 236 Å². The summed E-state index contributed by atoms with van der Waals surface area (Å²) in [6, 6.07) is 24.8. The van der Waals surface area contributed by atoms with Gasteiger partial charge in [-0.2, -0.15) is 4.98 Å². The SMILES string of the molecule is Cc1ccc2nc(N3CCCC3)nc(NCc3ccc(NC(=O)C4CCCCN4Cc4ccccc4)cc3)c2c1. The first-order valence-corrected chi connectivity index (χ1v) is 14.6. The number of fused-ring (bicyclic) bond motifs is 1. The van der Waals surface area contributed by atoms with Crippen molar-refractivity contribution in [3.8, 4) is 0 Å². The van der Waals surface area contributed by atoms with Gasteiger partial charge in [0.25, 0.3) is 0 Å². The third kappa shape index (κ3) is 6.10. The van der Waals surface area contributed by atoms with Crippen LogP contribution in [0.4, 0.5) is 17.5 Å². The third-order valence-electron chi connectivity index (χ3n) is 8.05. The van der Waals surface area contributed by atoms with Crippen LogP contribution in [0.5, 0.6) is 0 Å². The van der Waals surface area contributed by atoms with Gasteiger partial charge in [-0.25, -0.2) is 4.98 Å². The summed E-state index contributed by atoms with van der Waals surface area (Å²) in [5.41, 5.74) is 5.36. The van der Waals surface area contributed by atoms with Crippen LogP contribution in [0.15, 0.2) is 72.8 Å². The highest BCUT2D eigenvalue weighted by Gasteiger charge is 2.28. The smallest absolute Gasteiger partial charge is 0.241 e. The van der Waals surface area contributed by atoms with Crippen LogP contribution in [0.2, 0.25) is 0 Å². The molecule has 0 aliphatic carbocycles. The van der Waals surface area contributed by atoms with Crippen molar-refractivity contribution >= 4 is 34.3 Å². The lowest BCUT2D eigenvalue weighted by Gasteiger charge is -2.34. The second kappa shape index (κ2) is 12.0. The van der Waals surface area contributed by atoms with E-state index < -0.39 is 0 Å². The maximum absolute atomic E-state index is 13.3. The Bertz CT molecular complexity index is 1450. The van der Waals surface area contributed by atoms with Crippen molar-refractivity contribution in [2.24, 2.45) is 0 Å². The molecule has 0 spiro atoms. The average molecular weight is 535 g/mol. The zero-order chi connectivity index (χ0) is 27.3. The maximum atomic E-state index is 13.3. The molecule has 2 fully saturated rings. The summed E-state index contributed by atoms with van der Waals surface area (Å²) in [7, 11) is 0. The molecule has 2 aliphatic heterocycles. The summed E-state index contributed by atoms with van der Waals surface area (Å²) >= 11 is 0. The number of anilines is 3. The van der Waals surface area contributed by atoms with Crippen LogP contribution in [0, 0.1) is 6.92 Å². The van der Waals surface area contributed by atoms with E-state index in [1.54, 1.807) is 0 Å². The van der Waals surface area contributed by atoms with Crippen LogP contribution in [-0.2, 0) is 17.9 Å². The number of carbonyl (C=O) groups excluding carboxylic acids is 1. The Kier molecular flexibility index (Phi) is 7.91. The Morgan fingerprint density at radius 1 is 0.875 bits per heavy atom. The summed E-state index contributed by atoms with van der Waals surface area (Å²) < 4.78 is 0. The highest BCUT2D eigenvalue weighted by atomic mass is 16.2. The summed E-state index contributed by atoms with van der Waals surface area (Å²) in [6.45, 7) is 6.51. The van der Waals surface area contributed by atoms with E-state index in [-0.39, 0.29) is 11.9 Å². The van der Waals surface area contributed by atoms with Gasteiger partial charge in [0.05, 0.1) is 11.6 Å². The van der Waals surface area contributed by atoms with E-state index in [2.05, 4.69) is 82.0 Å². The van der Waals surface area contributed by atoms with Gasteiger partial charge in [-0.3, -0.25) is 9.69 Å². The minimum absolute atomic E-state index is 0.0822. The zero-order valence-corrected chi connectivity index (χ0v) is 23.3. The molecule has 1 aromatic heterocycles. The topological polar surface area (TPSA) is 73.4 Å². The lowest BCUT2D eigenvalue weighted by Crippen LogP contribution is -2.46. The molecular formula is C33H38N6O. The molecule has 7 nitrogen and oxygen atoms in total. The van der Waals surface area contributed by atoms with E-state index in [0.29, 0.717) is 6.54 Å². The number of aromatic nitrogens is 2. The van der Waals surface area contributed by atoms with Crippen molar-refractivity contribution in [1.29, 1.82) is 0 Å². The van der Waals surface area contributed by atoms with Crippen LogP contribution in [0.1, 0.15) is 48.8 Å². The van der Waals surface area contributed by atoms with Gasteiger partial charge in [-0.1, -0.05) is 60.5 Å². The second-order valence-corrected chi connectivity index (χ2v) is 11.1. The van der Waals surface area contributed by atoms with Gasteiger partial charge in [0.15, 0.2) is 0 Å². The number of benzene rings is 3. The molecule has 3 aromatic carbocycles. The monoisotopic (exact) mass is 534 g/mol. The highest BCUT2D eigenvalue weighted by Crippen LogP contribution is 2.27. The fraction of sp³-hybridized carbons (Fsp3) is 0.364. The van der Waals surface area contributed by atoms with Gasteiger partial charge in [0.2, 0.25) is 11.9 Å². The number of carbonyl (C=O) groups is 1. The molecule has 2 saturated heterocycles. The summed E-state index contributed by atoms with van der Waals surface area (Å²) in [5, 5.41) is 7.78. The van der Waals surface area contributed by atoms with Crippen molar-refractivity contribution in [2.75, 3.05) is 35.2 Å².